The molecule has 0 saturated carbocycles. The number of aromatic nitrogens is 4. The molecule has 3 heterocycles. The molecule has 0 spiro atoms. The molecule has 6 nitrogen and oxygen atoms in total. The number of hydrogen-bond donors (Lipinski definition) is 1. The van der Waals surface area contributed by atoms with Gasteiger partial charge in [0, 0.05) is 19.3 Å². The second-order valence-electron chi connectivity index (χ2n) is 6.37. The summed E-state index contributed by atoms with van der Waals surface area (Å²) >= 11 is 0. The third-order valence-electron chi connectivity index (χ3n) is 4.70. The van der Waals surface area contributed by atoms with Crippen molar-refractivity contribution >= 4 is 17.0 Å². The van der Waals surface area contributed by atoms with Gasteiger partial charge in [0.05, 0.1) is 5.69 Å². The molecule has 1 aromatic carbocycles. The molecule has 4 rings (SSSR count). The van der Waals surface area contributed by atoms with Gasteiger partial charge in [0.25, 0.3) is 5.56 Å². The molecule has 1 aliphatic heterocycles. The molecule has 1 saturated heterocycles. The average molecular weight is 323 g/mol. The molecule has 124 valence electrons. The Balaban J connectivity index is 1.80. The highest BCUT2D eigenvalue weighted by atomic mass is 16.1. The molecule has 24 heavy (non-hydrogen) atoms. The summed E-state index contributed by atoms with van der Waals surface area (Å²) in [6, 6.07) is 6.31. The minimum absolute atomic E-state index is 0.129. The number of anilines is 1. The van der Waals surface area contributed by atoms with Crippen LogP contribution >= 0.6 is 0 Å². The van der Waals surface area contributed by atoms with E-state index in [9.17, 15) is 4.79 Å². The number of aromatic amines is 1. The van der Waals surface area contributed by atoms with Crippen molar-refractivity contribution in [3.05, 3.63) is 45.9 Å². The average Bonchev–Trinajstić information content (AvgIpc) is 3.24. The summed E-state index contributed by atoms with van der Waals surface area (Å²) in [7, 11) is 0. The third-order valence-corrected chi connectivity index (χ3v) is 4.70. The molecular formula is C18H21N5O. The quantitative estimate of drug-likeness (QED) is 0.804. The zero-order chi connectivity index (χ0) is 16.7. The highest BCUT2D eigenvalue weighted by Crippen LogP contribution is 2.20. The molecule has 1 fully saturated rings. The lowest BCUT2D eigenvalue weighted by Crippen LogP contribution is -2.23. The maximum absolute atomic E-state index is 12.4. The lowest BCUT2D eigenvalue weighted by atomic mass is 10.1. The van der Waals surface area contributed by atoms with Crippen molar-refractivity contribution in [2.45, 2.75) is 33.1 Å². The van der Waals surface area contributed by atoms with Crippen molar-refractivity contribution in [2.24, 2.45) is 0 Å². The Kier molecular flexibility index (Phi) is 3.59. The monoisotopic (exact) mass is 323 g/mol. The van der Waals surface area contributed by atoms with Crippen LogP contribution in [0.25, 0.3) is 16.7 Å². The molecule has 2 aromatic heterocycles. The fourth-order valence-corrected chi connectivity index (χ4v) is 3.30. The first-order valence-electron chi connectivity index (χ1n) is 8.50. The molecule has 0 aliphatic carbocycles. The van der Waals surface area contributed by atoms with E-state index in [1.54, 1.807) is 10.9 Å². The number of fused-ring (bicyclic) bond motifs is 1. The largest absolute Gasteiger partial charge is 0.342 e. The van der Waals surface area contributed by atoms with Gasteiger partial charge in [0.15, 0.2) is 5.65 Å². The minimum Gasteiger partial charge on any atom is -0.342 e. The number of H-pyrrole nitrogens is 1. The normalized spacial score (nSPS) is 14.7. The van der Waals surface area contributed by atoms with Gasteiger partial charge < -0.3 is 4.90 Å². The molecular weight excluding hydrogens is 302 g/mol. The van der Waals surface area contributed by atoms with Crippen LogP contribution in [0.15, 0.2) is 29.2 Å². The summed E-state index contributed by atoms with van der Waals surface area (Å²) in [5.74, 6) is 0.633. The van der Waals surface area contributed by atoms with Crippen LogP contribution in [0.1, 0.15) is 30.9 Å². The van der Waals surface area contributed by atoms with Gasteiger partial charge in [-0.05, 0) is 43.4 Å². The summed E-state index contributed by atoms with van der Waals surface area (Å²) in [6.45, 7) is 6.08. The maximum Gasteiger partial charge on any atom is 0.263 e. The number of benzene rings is 1. The van der Waals surface area contributed by atoms with Crippen LogP contribution in [0.5, 0.6) is 0 Å². The predicted octanol–water partition coefficient (Wildman–Crippen LogP) is 2.58. The number of nitrogens with one attached hydrogen (secondary N) is 1. The first kappa shape index (κ1) is 14.9. The third kappa shape index (κ3) is 2.48. The Hall–Kier alpha value is -2.63. The summed E-state index contributed by atoms with van der Waals surface area (Å²) in [5, 5.41) is 5.08. The van der Waals surface area contributed by atoms with Crippen LogP contribution in [0, 0.1) is 6.92 Å². The molecule has 0 radical (unpaired) electrons. The lowest BCUT2D eigenvalue weighted by Gasteiger charge is -2.14. The van der Waals surface area contributed by atoms with Crippen molar-refractivity contribution in [2.75, 3.05) is 18.0 Å². The van der Waals surface area contributed by atoms with E-state index in [-0.39, 0.29) is 5.56 Å². The summed E-state index contributed by atoms with van der Waals surface area (Å²) in [5.41, 5.74) is 3.78. The van der Waals surface area contributed by atoms with Gasteiger partial charge in [-0.3, -0.25) is 9.78 Å². The summed E-state index contributed by atoms with van der Waals surface area (Å²) in [4.78, 5) is 22.0. The van der Waals surface area contributed by atoms with E-state index in [0.717, 1.165) is 43.6 Å². The van der Waals surface area contributed by atoms with Crippen LogP contribution in [0.2, 0.25) is 0 Å². The standard InChI is InChI=1S/C18H21N5O/c1-3-13-6-7-15(12(2)10-13)23-11-14-16(21-23)19-18(20-17(14)24)22-8-4-5-9-22/h6-7,10-11H,3-5,8-9H2,1-2H3,(H,19,20,21,24). The Labute approximate surface area is 140 Å². The number of aryl methyl sites for hydroxylation is 2. The molecule has 6 heteroatoms. The zero-order valence-corrected chi connectivity index (χ0v) is 14.0. The first-order chi connectivity index (χ1) is 11.7. The van der Waals surface area contributed by atoms with E-state index in [2.05, 4.69) is 52.0 Å². The fourth-order valence-electron chi connectivity index (χ4n) is 3.30. The first-order valence-corrected chi connectivity index (χ1v) is 8.50. The van der Waals surface area contributed by atoms with Crippen LogP contribution in [-0.4, -0.2) is 32.8 Å². The van der Waals surface area contributed by atoms with Crippen LogP contribution in [-0.2, 0) is 6.42 Å². The molecule has 0 unspecified atom stereocenters. The number of hydrogen-bond acceptors (Lipinski definition) is 4. The highest BCUT2D eigenvalue weighted by molar-refractivity contribution is 5.74. The van der Waals surface area contributed by atoms with E-state index >= 15 is 0 Å². The topological polar surface area (TPSA) is 66.8 Å². The fraction of sp³-hybridized carbons (Fsp3) is 0.389. The van der Waals surface area contributed by atoms with Crippen LogP contribution in [0.3, 0.4) is 0 Å². The maximum atomic E-state index is 12.4. The Morgan fingerprint density at radius 1 is 1.25 bits per heavy atom. The molecule has 0 bridgehead atoms. The van der Waals surface area contributed by atoms with Gasteiger partial charge in [0.1, 0.15) is 5.39 Å². The number of nitrogens with zero attached hydrogens (tertiary/aromatic N) is 4. The molecule has 0 atom stereocenters. The van der Waals surface area contributed by atoms with Gasteiger partial charge >= 0.3 is 0 Å². The predicted molar refractivity (Wildman–Crippen MR) is 95.0 cm³/mol. The van der Waals surface area contributed by atoms with Crippen LogP contribution in [0.4, 0.5) is 5.95 Å². The van der Waals surface area contributed by atoms with E-state index in [4.69, 9.17) is 0 Å². The zero-order valence-electron chi connectivity index (χ0n) is 14.0. The highest BCUT2D eigenvalue weighted by Gasteiger charge is 2.17. The molecule has 3 aromatic rings. The van der Waals surface area contributed by atoms with Gasteiger partial charge in [0.2, 0.25) is 5.95 Å². The lowest BCUT2D eigenvalue weighted by molar-refractivity contribution is 0.869. The smallest absolute Gasteiger partial charge is 0.263 e. The van der Waals surface area contributed by atoms with E-state index in [1.807, 2.05) is 0 Å². The van der Waals surface area contributed by atoms with Crippen molar-refractivity contribution in [1.82, 2.24) is 19.7 Å². The van der Waals surface area contributed by atoms with Gasteiger partial charge in [-0.15, -0.1) is 5.10 Å². The van der Waals surface area contributed by atoms with Crippen molar-refractivity contribution in [3.63, 3.8) is 0 Å². The Morgan fingerprint density at radius 2 is 2.04 bits per heavy atom. The van der Waals surface area contributed by atoms with E-state index in [0.29, 0.717) is 17.0 Å². The number of rotatable bonds is 3. The Morgan fingerprint density at radius 3 is 2.75 bits per heavy atom. The molecule has 1 aliphatic rings. The minimum atomic E-state index is -0.129. The second kappa shape index (κ2) is 5.78. The van der Waals surface area contributed by atoms with Crippen molar-refractivity contribution in [1.29, 1.82) is 0 Å². The molecule has 0 amide bonds. The summed E-state index contributed by atoms with van der Waals surface area (Å²) < 4.78 is 1.76. The van der Waals surface area contributed by atoms with E-state index in [1.165, 1.54) is 5.56 Å². The SMILES string of the molecule is CCc1ccc(-n2cc3c(=O)[nH]c(N4CCCC4)nc3n2)c(C)c1. The molecule has 1 N–H and O–H groups in total. The van der Waals surface area contributed by atoms with Crippen LogP contribution < -0.4 is 10.5 Å². The van der Waals surface area contributed by atoms with Crippen molar-refractivity contribution in [3.8, 4) is 5.69 Å². The second-order valence-corrected chi connectivity index (χ2v) is 6.37. The Bertz CT molecular complexity index is 950. The summed E-state index contributed by atoms with van der Waals surface area (Å²) in [6.07, 6.45) is 5.05. The van der Waals surface area contributed by atoms with E-state index < -0.39 is 0 Å². The van der Waals surface area contributed by atoms with Gasteiger partial charge in [-0.2, -0.15) is 4.98 Å². The van der Waals surface area contributed by atoms with Crippen molar-refractivity contribution < 1.29 is 0 Å². The van der Waals surface area contributed by atoms with Gasteiger partial charge in [-0.25, -0.2) is 4.68 Å². The van der Waals surface area contributed by atoms with Gasteiger partial charge in [-0.1, -0.05) is 19.1 Å².